The summed E-state index contributed by atoms with van der Waals surface area (Å²) in [6.45, 7) is 6.23. The Labute approximate surface area is 187 Å². The highest BCUT2D eigenvalue weighted by molar-refractivity contribution is 7.22. The number of piperazine rings is 1. The third kappa shape index (κ3) is 4.00. The van der Waals surface area contributed by atoms with Gasteiger partial charge >= 0.3 is 0 Å². The third-order valence-electron chi connectivity index (χ3n) is 5.61. The Balaban J connectivity index is 1.30. The highest BCUT2D eigenvalue weighted by Gasteiger charge is 2.29. The number of nitrogens with two attached hydrogens (primary N) is 1. The summed E-state index contributed by atoms with van der Waals surface area (Å²) in [6.07, 6.45) is 0.927. The zero-order valence-corrected chi connectivity index (χ0v) is 18.7. The van der Waals surface area contributed by atoms with E-state index in [1.54, 1.807) is 17.4 Å². The summed E-state index contributed by atoms with van der Waals surface area (Å²) < 4.78 is 16.7. The van der Waals surface area contributed by atoms with E-state index in [0.29, 0.717) is 22.4 Å². The average molecular weight is 459 g/mol. The number of thiazole rings is 1. The van der Waals surface area contributed by atoms with E-state index in [9.17, 15) is 4.39 Å². The molecule has 5 rings (SSSR count). The molecular weight excluding hydrogens is 435 g/mol. The lowest BCUT2D eigenvalue weighted by molar-refractivity contribution is 0.169. The maximum absolute atomic E-state index is 14.2. The normalized spacial score (nSPS) is 16.3. The number of aromatic nitrogens is 5. The second-order valence-corrected chi connectivity index (χ2v) is 9.58. The number of rotatable bonds is 6. The van der Waals surface area contributed by atoms with E-state index in [-0.39, 0.29) is 11.9 Å². The Morgan fingerprint density at radius 2 is 2.06 bits per heavy atom. The number of nitrogens with zero attached hydrogens (tertiary/aromatic N) is 7. The first-order valence-electron chi connectivity index (χ1n) is 10.3. The van der Waals surface area contributed by atoms with Crippen molar-refractivity contribution in [3.63, 3.8) is 0 Å². The minimum Gasteiger partial charge on any atom is -0.399 e. The van der Waals surface area contributed by atoms with Crippen LogP contribution in [0.3, 0.4) is 0 Å². The molecule has 11 heteroatoms. The molecule has 1 atom stereocenters. The first kappa shape index (κ1) is 20.3. The predicted molar refractivity (Wildman–Crippen MR) is 122 cm³/mol. The van der Waals surface area contributed by atoms with Crippen LogP contribution in [0.1, 0.15) is 30.1 Å². The van der Waals surface area contributed by atoms with E-state index in [1.807, 2.05) is 10.7 Å². The van der Waals surface area contributed by atoms with Crippen LogP contribution in [0.5, 0.6) is 0 Å². The van der Waals surface area contributed by atoms with Crippen molar-refractivity contribution in [2.24, 2.45) is 0 Å². The van der Waals surface area contributed by atoms with E-state index < -0.39 is 0 Å². The summed E-state index contributed by atoms with van der Waals surface area (Å²) in [5.41, 5.74) is 6.79. The van der Waals surface area contributed by atoms with Crippen molar-refractivity contribution < 1.29 is 4.39 Å². The van der Waals surface area contributed by atoms with Gasteiger partial charge in [-0.25, -0.2) is 14.1 Å². The molecule has 1 aromatic carbocycles. The van der Waals surface area contributed by atoms with E-state index >= 15 is 0 Å². The summed E-state index contributed by atoms with van der Waals surface area (Å²) in [5.74, 6) is 0.600. The zero-order chi connectivity index (χ0) is 21.4. The molecule has 0 spiro atoms. The molecule has 1 fully saturated rings. The number of benzene rings is 1. The Hall–Kier alpha value is -2.63. The van der Waals surface area contributed by atoms with Crippen molar-refractivity contribution >= 4 is 43.7 Å². The lowest BCUT2D eigenvalue weighted by Gasteiger charge is -2.38. The molecule has 4 heterocycles. The highest BCUT2D eigenvalue weighted by Crippen LogP contribution is 2.33. The quantitative estimate of drug-likeness (QED) is 0.443. The highest BCUT2D eigenvalue weighted by atomic mass is 32.1. The standard InChI is InChI=1S/C20H23FN8S2/c1-2-17(19-24-25-26-29(19)12-14-4-3-9-30-14)27-5-7-28(8-6-27)20-23-16-11-13(22)10-15(21)18(16)31-20/h3-4,9-11,17H,2,5-8,12,22H2,1H3. The summed E-state index contributed by atoms with van der Waals surface area (Å²) in [7, 11) is 0. The van der Waals surface area contributed by atoms with Gasteiger partial charge in [-0.15, -0.1) is 16.4 Å². The molecule has 1 saturated heterocycles. The molecule has 0 saturated carbocycles. The van der Waals surface area contributed by atoms with Gasteiger partial charge in [0, 0.05) is 36.7 Å². The molecule has 0 amide bonds. The fourth-order valence-corrected chi connectivity index (χ4v) is 5.77. The Kier molecular flexibility index (Phi) is 5.55. The van der Waals surface area contributed by atoms with Crippen LogP contribution in [0, 0.1) is 5.82 Å². The second kappa shape index (κ2) is 8.48. The van der Waals surface area contributed by atoms with Gasteiger partial charge in [0.15, 0.2) is 11.0 Å². The fraction of sp³-hybridized carbons (Fsp3) is 0.400. The van der Waals surface area contributed by atoms with Crippen molar-refractivity contribution in [3.05, 3.63) is 46.2 Å². The fourth-order valence-electron chi connectivity index (χ4n) is 4.08. The van der Waals surface area contributed by atoms with E-state index in [0.717, 1.165) is 43.6 Å². The monoisotopic (exact) mass is 458 g/mol. The smallest absolute Gasteiger partial charge is 0.186 e. The van der Waals surface area contributed by atoms with E-state index in [1.165, 1.54) is 22.3 Å². The van der Waals surface area contributed by atoms with Crippen molar-refractivity contribution in [1.29, 1.82) is 0 Å². The number of fused-ring (bicyclic) bond motifs is 1. The first-order chi connectivity index (χ1) is 15.1. The first-order valence-corrected chi connectivity index (χ1v) is 11.9. The van der Waals surface area contributed by atoms with Crippen molar-refractivity contribution in [2.75, 3.05) is 36.8 Å². The maximum atomic E-state index is 14.2. The van der Waals surface area contributed by atoms with Gasteiger partial charge in [0.2, 0.25) is 0 Å². The number of hydrogen-bond acceptors (Lipinski definition) is 9. The molecule has 31 heavy (non-hydrogen) atoms. The van der Waals surface area contributed by atoms with Gasteiger partial charge in [-0.05, 0) is 40.4 Å². The lowest BCUT2D eigenvalue weighted by atomic mass is 10.1. The number of halogens is 1. The van der Waals surface area contributed by atoms with Crippen molar-refractivity contribution in [3.8, 4) is 0 Å². The molecule has 1 aliphatic rings. The molecule has 3 aromatic heterocycles. The second-order valence-electron chi connectivity index (χ2n) is 7.57. The molecule has 1 aliphatic heterocycles. The summed E-state index contributed by atoms with van der Waals surface area (Å²) in [5, 5.41) is 15.4. The van der Waals surface area contributed by atoms with Crippen LogP contribution in [-0.4, -0.2) is 56.3 Å². The third-order valence-corrected chi connectivity index (χ3v) is 7.61. The van der Waals surface area contributed by atoms with Gasteiger partial charge < -0.3 is 10.6 Å². The molecular formula is C20H23FN8S2. The minimum atomic E-state index is -0.305. The molecule has 1 unspecified atom stereocenters. The number of nitrogen functional groups attached to an aromatic ring is 1. The maximum Gasteiger partial charge on any atom is 0.186 e. The molecule has 0 bridgehead atoms. The number of anilines is 2. The topological polar surface area (TPSA) is 89.0 Å². The Morgan fingerprint density at radius 1 is 1.23 bits per heavy atom. The van der Waals surface area contributed by atoms with Gasteiger partial charge in [0.25, 0.3) is 0 Å². The Bertz CT molecular complexity index is 1160. The van der Waals surface area contributed by atoms with E-state index in [4.69, 9.17) is 5.73 Å². The molecule has 0 radical (unpaired) electrons. The van der Waals surface area contributed by atoms with Gasteiger partial charge in [-0.1, -0.05) is 24.3 Å². The predicted octanol–water partition coefficient (Wildman–Crippen LogP) is 3.39. The van der Waals surface area contributed by atoms with Crippen LogP contribution >= 0.6 is 22.7 Å². The molecule has 8 nitrogen and oxygen atoms in total. The average Bonchev–Trinajstić information content (AvgIpc) is 3.51. The van der Waals surface area contributed by atoms with Gasteiger partial charge in [0.1, 0.15) is 5.82 Å². The largest absolute Gasteiger partial charge is 0.399 e. The van der Waals surface area contributed by atoms with Gasteiger partial charge in [0.05, 0.1) is 22.8 Å². The van der Waals surface area contributed by atoms with Crippen LogP contribution in [0.25, 0.3) is 10.2 Å². The van der Waals surface area contributed by atoms with Crippen molar-refractivity contribution in [2.45, 2.75) is 25.9 Å². The Morgan fingerprint density at radius 3 is 2.81 bits per heavy atom. The summed E-state index contributed by atoms with van der Waals surface area (Å²) >= 11 is 3.10. The summed E-state index contributed by atoms with van der Waals surface area (Å²) in [4.78, 5) is 10.5. The van der Waals surface area contributed by atoms with Gasteiger partial charge in [-0.3, -0.25) is 4.90 Å². The minimum absolute atomic E-state index is 0.157. The SMILES string of the molecule is CCC(c1nnnn1Cc1cccs1)N1CCN(c2nc3cc(N)cc(F)c3s2)CC1. The van der Waals surface area contributed by atoms with Crippen molar-refractivity contribution in [1.82, 2.24) is 30.1 Å². The molecule has 0 aliphatic carbocycles. The lowest BCUT2D eigenvalue weighted by Crippen LogP contribution is -2.48. The number of hydrogen-bond donors (Lipinski definition) is 1. The number of thiophene rings is 1. The van der Waals surface area contributed by atoms with E-state index in [2.05, 4.69) is 48.7 Å². The molecule has 4 aromatic rings. The van der Waals surface area contributed by atoms with Crippen LogP contribution in [0.4, 0.5) is 15.2 Å². The molecule has 2 N–H and O–H groups in total. The van der Waals surface area contributed by atoms with Crippen LogP contribution in [-0.2, 0) is 6.54 Å². The molecule has 162 valence electrons. The zero-order valence-electron chi connectivity index (χ0n) is 17.1. The van der Waals surface area contributed by atoms with Gasteiger partial charge in [-0.2, -0.15) is 0 Å². The van der Waals surface area contributed by atoms with Crippen LogP contribution < -0.4 is 10.6 Å². The number of tetrazole rings is 1. The van der Waals surface area contributed by atoms with Crippen LogP contribution in [0.2, 0.25) is 0 Å². The summed E-state index contributed by atoms with van der Waals surface area (Å²) in [6, 6.07) is 7.39. The van der Waals surface area contributed by atoms with Crippen LogP contribution in [0.15, 0.2) is 29.6 Å².